The second-order valence-electron chi connectivity index (χ2n) is 6.39. The monoisotopic (exact) mass is 427 g/mol. The number of rotatable bonds is 8. The highest BCUT2D eigenvalue weighted by Gasteiger charge is 2.22. The average Bonchev–Trinajstić information content (AvgIpc) is 3.10. The molecular formula is C20H21N5O4S. The fourth-order valence-corrected chi connectivity index (χ4v) is 3.15. The predicted octanol–water partition coefficient (Wildman–Crippen LogP) is 3.99. The molecule has 0 aliphatic carbocycles. The lowest BCUT2D eigenvalue weighted by Gasteiger charge is -2.12. The molecule has 10 heteroatoms. The van der Waals surface area contributed by atoms with E-state index in [1.54, 1.807) is 17.7 Å². The first-order valence-corrected chi connectivity index (χ1v) is 10.2. The molecule has 3 rings (SSSR count). The Kier molecular flexibility index (Phi) is 6.68. The maximum Gasteiger partial charge on any atom is 0.315 e. The lowest BCUT2D eigenvalue weighted by Crippen LogP contribution is -2.03. The molecule has 0 atom stereocenters. The van der Waals surface area contributed by atoms with E-state index in [1.807, 2.05) is 37.4 Å². The van der Waals surface area contributed by atoms with Crippen LogP contribution in [0.3, 0.4) is 0 Å². The Bertz CT molecular complexity index is 1080. The zero-order chi connectivity index (χ0) is 21.7. The van der Waals surface area contributed by atoms with Gasteiger partial charge >= 0.3 is 5.69 Å². The van der Waals surface area contributed by atoms with Crippen molar-refractivity contribution in [2.75, 3.05) is 13.4 Å². The first-order valence-electron chi connectivity index (χ1n) is 8.98. The Morgan fingerprint density at radius 1 is 1.23 bits per heavy atom. The number of hydrogen-bond acceptors (Lipinski definition) is 8. The highest BCUT2D eigenvalue weighted by atomic mass is 32.2. The summed E-state index contributed by atoms with van der Waals surface area (Å²) < 4.78 is 12.7. The van der Waals surface area contributed by atoms with E-state index in [9.17, 15) is 10.1 Å². The molecule has 0 fully saturated rings. The average molecular weight is 427 g/mol. The molecule has 0 aliphatic heterocycles. The number of nitro benzene ring substituents is 1. The minimum Gasteiger partial charge on any atom is -0.493 e. The minimum absolute atomic E-state index is 0.0745. The zero-order valence-electron chi connectivity index (χ0n) is 17.0. The van der Waals surface area contributed by atoms with Gasteiger partial charge in [-0.15, -0.1) is 10.2 Å². The van der Waals surface area contributed by atoms with E-state index in [4.69, 9.17) is 9.47 Å². The summed E-state index contributed by atoms with van der Waals surface area (Å²) in [4.78, 5) is 11.2. The van der Waals surface area contributed by atoms with Gasteiger partial charge in [-0.1, -0.05) is 41.6 Å². The Labute approximate surface area is 177 Å². The molecular weight excluding hydrogens is 406 g/mol. The summed E-state index contributed by atoms with van der Waals surface area (Å²) >= 11 is 1.40. The van der Waals surface area contributed by atoms with E-state index in [0.29, 0.717) is 16.5 Å². The molecule has 0 amide bonds. The number of ether oxygens (including phenoxy) is 2. The van der Waals surface area contributed by atoms with Gasteiger partial charge in [-0.25, -0.2) is 0 Å². The number of nitro groups is 1. The molecule has 156 valence electrons. The van der Waals surface area contributed by atoms with E-state index in [2.05, 4.69) is 15.3 Å². The lowest BCUT2D eigenvalue weighted by molar-refractivity contribution is -0.386. The van der Waals surface area contributed by atoms with Crippen molar-refractivity contribution >= 4 is 23.7 Å². The molecule has 0 bridgehead atoms. The summed E-state index contributed by atoms with van der Waals surface area (Å²) in [6.45, 7) is 3.94. The number of aromatic nitrogens is 3. The van der Waals surface area contributed by atoms with Gasteiger partial charge in [0.05, 0.1) is 18.2 Å². The fraction of sp³-hybridized carbons (Fsp3) is 0.250. The van der Waals surface area contributed by atoms with E-state index in [-0.39, 0.29) is 23.8 Å². The molecule has 0 unspecified atom stereocenters. The van der Waals surface area contributed by atoms with Gasteiger partial charge in [-0.3, -0.25) is 10.1 Å². The molecule has 0 spiro atoms. The van der Waals surface area contributed by atoms with E-state index < -0.39 is 4.92 Å². The molecule has 0 N–H and O–H groups in total. The van der Waals surface area contributed by atoms with Crippen molar-refractivity contribution in [1.82, 2.24) is 14.9 Å². The largest absolute Gasteiger partial charge is 0.493 e. The summed E-state index contributed by atoms with van der Waals surface area (Å²) in [6.07, 6.45) is 3.36. The molecule has 0 saturated carbocycles. The summed E-state index contributed by atoms with van der Waals surface area (Å²) in [7, 11) is 1.44. The first kappa shape index (κ1) is 21.3. The topological polar surface area (TPSA) is 105 Å². The number of aryl methyl sites for hydroxylation is 2. The second-order valence-corrected chi connectivity index (χ2v) is 7.17. The third-order valence-corrected chi connectivity index (χ3v) is 4.87. The SMILES string of the molecule is COc1cc(/C=N\n2c(C)nnc2SC)cc([N+](=O)[O-])c1OCc1ccc(C)cc1. The smallest absolute Gasteiger partial charge is 0.315 e. The Balaban J connectivity index is 1.92. The number of thioether (sulfide) groups is 1. The standard InChI is InChI=1S/C20H21N5O4S/c1-13-5-7-15(8-6-13)12-29-19-17(25(26)27)9-16(10-18(19)28-3)11-21-24-14(2)22-23-20(24)30-4/h5-11H,12H2,1-4H3/b21-11-. The summed E-state index contributed by atoms with van der Waals surface area (Å²) in [5.41, 5.74) is 2.31. The van der Waals surface area contributed by atoms with Crippen LogP contribution in [0.2, 0.25) is 0 Å². The van der Waals surface area contributed by atoms with Crippen LogP contribution in [0.1, 0.15) is 22.5 Å². The van der Waals surface area contributed by atoms with E-state index in [0.717, 1.165) is 11.1 Å². The van der Waals surface area contributed by atoms with Gasteiger partial charge in [-0.2, -0.15) is 9.78 Å². The van der Waals surface area contributed by atoms with Crippen LogP contribution in [0.25, 0.3) is 0 Å². The van der Waals surface area contributed by atoms with Crippen molar-refractivity contribution in [3.63, 3.8) is 0 Å². The van der Waals surface area contributed by atoms with Gasteiger partial charge in [0, 0.05) is 11.6 Å². The summed E-state index contributed by atoms with van der Waals surface area (Å²) in [5, 5.41) is 24.6. The van der Waals surface area contributed by atoms with Crippen LogP contribution in [0.5, 0.6) is 11.5 Å². The maximum atomic E-state index is 11.7. The lowest BCUT2D eigenvalue weighted by atomic mass is 10.1. The van der Waals surface area contributed by atoms with Gasteiger partial charge in [0.15, 0.2) is 11.6 Å². The third-order valence-electron chi connectivity index (χ3n) is 4.25. The van der Waals surface area contributed by atoms with Crippen LogP contribution in [0.4, 0.5) is 5.69 Å². The van der Waals surface area contributed by atoms with Crippen molar-refractivity contribution < 1.29 is 14.4 Å². The first-order chi connectivity index (χ1) is 14.4. The number of nitrogens with zero attached hydrogens (tertiary/aromatic N) is 5. The minimum atomic E-state index is -0.498. The van der Waals surface area contributed by atoms with Crippen molar-refractivity contribution in [1.29, 1.82) is 0 Å². The molecule has 0 saturated heterocycles. The fourth-order valence-electron chi connectivity index (χ4n) is 2.68. The zero-order valence-corrected chi connectivity index (χ0v) is 17.8. The maximum absolute atomic E-state index is 11.7. The molecule has 3 aromatic rings. The van der Waals surface area contributed by atoms with Crippen molar-refractivity contribution in [3.8, 4) is 11.5 Å². The molecule has 9 nitrogen and oxygen atoms in total. The van der Waals surface area contributed by atoms with Crippen LogP contribution in [0, 0.1) is 24.0 Å². The van der Waals surface area contributed by atoms with Crippen molar-refractivity contribution in [3.05, 3.63) is 69.0 Å². The molecule has 0 aliphatic rings. The number of benzene rings is 2. The van der Waals surface area contributed by atoms with Gasteiger partial charge in [0.1, 0.15) is 6.61 Å². The van der Waals surface area contributed by atoms with Crippen LogP contribution >= 0.6 is 11.8 Å². The Morgan fingerprint density at radius 3 is 2.60 bits per heavy atom. The van der Waals surface area contributed by atoms with E-state index >= 15 is 0 Å². The molecule has 30 heavy (non-hydrogen) atoms. The normalized spacial score (nSPS) is 11.1. The predicted molar refractivity (Wildman–Crippen MR) is 115 cm³/mol. The van der Waals surface area contributed by atoms with Gasteiger partial charge in [0.25, 0.3) is 0 Å². The van der Waals surface area contributed by atoms with Gasteiger partial charge in [-0.05, 0) is 31.7 Å². The second kappa shape index (κ2) is 9.40. The molecule has 1 heterocycles. The van der Waals surface area contributed by atoms with E-state index in [1.165, 1.54) is 31.2 Å². The quantitative estimate of drug-likeness (QED) is 0.232. The summed E-state index contributed by atoms with van der Waals surface area (Å²) in [6, 6.07) is 10.8. The van der Waals surface area contributed by atoms with Crippen LogP contribution < -0.4 is 9.47 Å². The van der Waals surface area contributed by atoms with Crippen LogP contribution in [-0.4, -0.2) is 39.4 Å². The van der Waals surface area contributed by atoms with Crippen molar-refractivity contribution in [2.45, 2.75) is 25.6 Å². The molecule has 2 aromatic carbocycles. The summed E-state index contributed by atoms with van der Waals surface area (Å²) in [5.74, 6) is 0.934. The number of hydrogen-bond donors (Lipinski definition) is 0. The highest BCUT2D eigenvalue weighted by molar-refractivity contribution is 7.98. The highest BCUT2D eigenvalue weighted by Crippen LogP contribution is 2.38. The van der Waals surface area contributed by atoms with Gasteiger partial charge in [0.2, 0.25) is 10.9 Å². The Morgan fingerprint density at radius 2 is 1.97 bits per heavy atom. The molecule has 1 aromatic heterocycles. The number of methoxy groups -OCH3 is 1. The third kappa shape index (κ3) is 4.77. The van der Waals surface area contributed by atoms with Crippen molar-refractivity contribution in [2.24, 2.45) is 5.10 Å². The molecule has 0 radical (unpaired) electrons. The van der Waals surface area contributed by atoms with Gasteiger partial charge < -0.3 is 9.47 Å². The Hall–Kier alpha value is -3.40. The van der Waals surface area contributed by atoms with Crippen LogP contribution in [-0.2, 0) is 6.61 Å². The van der Waals surface area contributed by atoms with Crippen LogP contribution in [0.15, 0.2) is 46.7 Å².